The van der Waals surface area contributed by atoms with Gasteiger partial charge in [-0.3, -0.25) is 0 Å². The van der Waals surface area contributed by atoms with Crippen molar-refractivity contribution in [1.82, 2.24) is 0 Å². The Morgan fingerprint density at radius 2 is 1.75 bits per heavy atom. The molecule has 1 aliphatic carbocycles. The van der Waals surface area contributed by atoms with Crippen LogP contribution in [-0.4, -0.2) is 5.54 Å². The van der Waals surface area contributed by atoms with Gasteiger partial charge in [0.2, 0.25) is 0 Å². The largest absolute Gasteiger partial charge is 0.315 e. The highest BCUT2D eigenvalue weighted by Gasteiger charge is 2.36. The Kier molecular flexibility index (Phi) is 1.99. The third kappa shape index (κ3) is 1.68. The zero-order chi connectivity index (χ0) is 11.0. The van der Waals surface area contributed by atoms with Crippen molar-refractivity contribution in [2.75, 3.05) is 0 Å². The second-order valence-electron chi connectivity index (χ2n) is 4.43. The van der Waals surface area contributed by atoms with Gasteiger partial charge in [-0.05, 0) is 29.7 Å². The molecule has 2 aromatic carbocycles. The molecule has 1 fully saturated rings. The maximum atomic E-state index is 5.96. The van der Waals surface area contributed by atoms with Gasteiger partial charge in [0, 0.05) is 5.56 Å². The van der Waals surface area contributed by atoms with E-state index in [-0.39, 0.29) is 5.54 Å². The van der Waals surface area contributed by atoms with Crippen molar-refractivity contribution in [3.63, 3.8) is 0 Å². The summed E-state index contributed by atoms with van der Waals surface area (Å²) in [6.07, 6.45) is 2.07. The molecule has 78 valence electrons. The van der Waals surface area contributed by atoms with E-state index in [9.17, 15) is 0 Å². The van der Waals surface area contributed by atoms with Crippen LogP contribution in [0, 0.1) is 11.8 Å². The fourth-order valence-electron chi connectivity index (χ4n) is 1.79. The molecule has 0 radical (unpaired) electrons. The Bertz CT molecular complexity index is 592. The van der Waals surface area contributed by atoms with Crippen LogP contribution in [0.2, 0.25) is 0 Å². The number of nitrogens with two attached hydrogens (primary N) is 1. The van der Waals surface area contributed by atoms with Crippen molar-refractivity contribution in [3.8, 4) is 11.8 Å². The molecule has 2 aromatic rings. The van der Waals surface area contributed by atoms with Gasteiger partial charge in [-0.25, -0.2) is 0 Å². The molecule has 1 nitrogen and oxygen atoms in total. The van der Waals surface area contributed by atoms with Crippen molar-refractivity contribution in [2.45, 2.75) is 18.4 Å². The lowest BCUT2D eigenvalue weighted by atomic mass is 10.0. The first kappa shape index (κ1) is 9.45. The molecule has 0 aromatic heterocycles. The van der Waals surface area contributed by atoms with Crippen LogP contribution >= 0.6 is 0 Å². The van der Waals surface area contributed by atoms with Crippen LogP contribution in [0.3, 0.4) is 0 Å². The van der Waals surface area contributed by atoms with Gasteiger partial charge in [-0.1, -0.05) is 48.2 Å². The summed E-state index contributed by atoms with van der Waals surface area (Å²) >= 11 is 0. The highest BCUT2D eigenvalue weighted by atomic mass is 14.8. The number of rotatable bonds is 0. The predicted molar refractivity (Wildman–Crippen MR) is 67.0 cm³/mol. The standard InChI is InChI=1S/C15H13N/c16-15(10-11-15)9-8-13-6-3-5-12-4-1-2-7-14(12)13/h1-7H,10-11,16H2. The Balaban J connectivity index is 2.12. The smallest absolute Gasteiger partial charge is 0.0781 e. The Hall–Kier alpha value is -1.78. The summed E-state index contributed by atoms with van der Waals surface area (Å²) in [5, 5.41) is 2.44. The zero-order valence-electron chi connectivity index (χ0n) is 9.03. The van der Waals surface area contributed by atoms with Crippen molar-refractivity contribution in [3.05, 3.63) is 48.0 Å². The predicted octanol–water partition coefficient (Wildman–Crippen LogP) is 2.68. The van der Waals surface area contributed by atoms with E-state index in [0.717, 1.165) is 18.4 Å². The van der Waals surface area contributed by atoms with Gasteiger partial charge in [-0.2, -0.15) is 0 Å². The molecule has 0 amide bonds. The lowest BCUT2D eigenvalue weighted by molar-refractivity contribution is 0.890. The Morgan fingerprint density at radius 1 is 1.00 bits per heavy atom. The highest BCUT2D eigenvalue weighted by Crippen LogP contribution is 2.31. The maximum absolute atomic E-state index is 5.96. The van der Waals surface area contributed by atoms with Gasteiger partial charge < -0.3 is 5.73 Å². The van der Waals surface area contributed by atoms with E-state index in [1.165, 1.54) is 10.8 Å². The van der Waals surface area contributed by atoms with Crippen molar-refractivity contribution >= 4 is 10.8 Å². The Morgan fingerprint density at radius 3 is 2.56 bits per heavy atom. The Labute approximate surface area is 95.3 Å². The van der Waals surface area contributed by atoms with Crippen molar-refractivity contribution in [1.29, 1.82) is 0 Å². The molecular formula is C15H13N. The van der Waals surface area contributed by atoms with E-state index < -0.39 is 0 Å². The van der Waals surface area contributed by atoms with E-state index in [1.807, 2.05) is 18.2 Å². The van der Waals surface area contributed by atoms with Crippen molar-refractivity contribution in [2.24, 2.45) is 5.73 Å². The van der Waals surface area contributed by atoms with E-state index in [1.54, 1.807) is 0 Å². The van der Waals surface area contributed by atoms with E-state index in [0.29, 0.717) is 0 Å². The fraction of sp³-hybridized carbons (Fsp3) is 0.200. The van der Waals surface area contributed by atoms with E-state index >= 15 is 0 Å². The van der Waals surface area contributed by atoms with E-state index in [4.69, 9.17) is 5.73 Å². The summed E-state index contributed by atoms with van der Waals surface area (Å²) in [6, 6.07) is 14.5. The summed E-state index contributed by atoms with van der Waals surface area (Å²) in [6.45, 7) is 0. The molecule has 1 heteroatoms. The number of benzene rings is 2. The second kappa shape index (κ2) is 3.37. The summed E-state index contributed by atoms with van der Waals surface area (Å²) in [7, 11) is 0. The number of hydrogen-bond donors (Lipinski definition) is 1. The van der Waals surface area contributed by atoms with Crippen LogP contribution < -0.4 is 5.73 Å². The second-order valence-corrected chi connectivity index (χ2v) is 4.43. The minimum Gasteiger partial charge on any atom is -0.315 e. The highest BCUT2D eigenvalue weighted by molar-refractivity contribution is 5.88. The van der Waals surface area contributed by atoms with Gasteiger partial charge in [0.25, 0.3) is 0 Å². The number of fused-ring (bicyclic) bond motifs is 1. The molecule has 0 spiro atoms. The fourth-order valence-corrected chi connectivity index (χ4v) is 1.79. The van der Waals surface area contributed by atoms with Gasteiger partial charge in [0.05, 0.1) is 5.54 Å². The first-order valence-corrected chi connectivity index (χ1v) is 5.57. The molecule has 0 saturated heterocycles. The summed E-state index contributed by atoms with van der Waals surface area (Å²) in [5.41, 5.74) is 6.85. The third-order valence-electron chi connectivity index (χ3n) is 3.02. The van der Waals surface area contributed by atoms with Crippen LogP contribution in [0.4, 0.5) is 0 Å². The monoisotopic (exact) mass is 207 g/mol. The molecule has 0 atom stereocenters. The third-order valence-corrected chi connectivity index (χ3v) is 3.02. The van der Waals surface area contributed by atoms with Crippen molar-refractivity contribution < 1.29 is 0 Å². The summed E-state index contributed by atoms with van der Waals surface area (Å²) < 4.78 is 0. The minimum atomic E-state index is -0.197. The molecule has 3 rings (SSSR count). The molecule has 16 heavy (non-hydrogen) atoms. The minimum absolute atomic E-state index is 0.197. The lowest BCUT2D eigenvalue weighted by Gasteiger charge is -2.00. The van der Waals surface area contributed by atoms with Crippen LogP contribution in [0.15, 0.2) is 42.5 Å². The molecule has 0 heterocycles. The molecule has 1 saturated carbocycles. The van der Waals surface area contributed by atoms with Crippen LogP contribution in [0.25, 0.3) is 10.8 Å². The summed E-state index contributed by atoms with van der Waals surface area (Å²) in [4.78, 5) is 0. The molecule has 0 unspecified atom stereocenters. The molecule has 2 N–H and O–H groups in total. The molecule has 1 aliphatic rings. The average molecular weight is 207 g/mol. The first-order chi connectivity index (χ1) is 7.77. The molecule has 0 aliphatic heterocycles. The normalized spacial score (nSPS) is 16.6. The lowest BCUT2D eigenvalue weighted by Crippen LogP contribution is -2.18. The molecule has 0 bridgehead atoms. The van der Waals surface area contributed by atoms with Gasteiger partial charge >= 0.3 is 0 Å². The van der Waals surface area contributed by atoms with Crippen LogP contribution in [-0.2, 0) is 0 Å². The van der Waals surface area contributed by atoms with Crippen LogP contribution in [0.1, 0.15) is 18.4 Å². The quantitative estimate of drug-likeness (QED) is 0.660. The van der Waals surface area contributed by atoms with Gasteiger partial charge in [0.1, 0.15) is 0 Å². The SMILES string of the molecule is NC1(C#Cc2cccc3ccccc23)CC1. The zero-order valence-corrected chi connectivity index (χ0v) is 9.03. The molecular weight excluding hydrogens is 194 g/mol. The number of hydrogen-bond acceptors (Lipinski definition) is 1. The van der Waals surface area contributed by atoms with E-state index in [2.05, 4.69) is 36.1 Å². The van der Waals surface area contributed by atoms with Gasteiger partial charge in [0.15, 0.2) is 0 Å². The van der Waals surface area contributed by atoms with Crippen LogP contribution in [0.5, 0.6) is 0 Å². The summed E-state index contributed by atoms with van der Waals surface area (Å²) in [5.74, 6) is 6.38. The average Bonchev–Trinajstić information content (AvgIpc) is 3.05. The maximum Gasteiger partial charge on any atom is 0.0781 e. The topological polar surface area (TPSA) is 26.0 Å². The first-order valence-electron chi connectivity index (χ1n) is 5.57. The van der Waals surface area contributed by atoms with Gasteiger partial charge in [-0.15, -0.1) is 0 Å².